The van der Waals surface area contributed by atoms with Crippen LogP contribution in [0.25, 0.3) is 10.9 Å². The molecule has 4 aromatic rings. The first-order valence-electron chi connectivity index (χ1n) is 12.0. The zero-order valence-corrected chi connectivity index (χ0v) is 20.9. The van der Waals surface area contributed by atoms with Gasteiger partial charge >= 0.3 is 5.97 Å². The third kappa shape index (κ3) is 4.31. The molecule has 37 heavy (non-hydrogen) atoms. The minimum atomic E-state index is -0.434. The number of aromatic nitrogens is 1. The number of esters is 1. The summed E-state index contributed by atoms with van der Waals surface area (Å²) in [7, 11) is 3.48. The Hall–Kier alpha value is -4.59. The number of ether oxygens (including phenoxy) is 2. The van der Waals surface area contributed by atoms with E-state index in [4.69, 9.17) is 9.47 Å². The molecule has 5 rings (SSSR count). The number of anilines is 1. The monoisotopic (exact) mass is 497 g/mol. The second-order valence-electron chi connectivity index (χ2n) is 8.79. The number of hydrogen-bond donors (Lipinski definition) is 1. The van der Waals surface area contributed by atoms with E-state index in [2.05, 4.69) is 5.32 Å². The van der Waals surface area contributed by atoms with Crippen LogP contribution in [-0.2, 0) is 16.6 Å². The van der Waals surface area contributed by atoms with Crippen LogP contribution in [0.5, 0.6) is 5.75 Å². The molecule has 1 aliphatic rings. The van der Waals surface area contributed by atoms with E-state index in [1.165, 1.54) is 0 Å². The number of methoxy groups -OCH3 is 1. The van der Waals surface area contributed by atoms with E-state index in [1.807, 2.05) is 60.1 Å². The summed E-state index contributed by atoms with van der Waals surface area (Å²) < 4.78 is 12.2. The molecule has 0 spiro atoms. The molecule has 0 saturated carbocycles. The van der Waals surface area contributed by atoms with Crippen LogP contribution in [-0.4, -0.2) is 47.5 Å². The van der Waals surface area contributed by atoms with Crippen molar-refractivity contribution in [2.75, 3.05) is 25.6 Å². The highest BCUT2D eigenvalue weighted by Crippen LogP contribution is 2.44. The normalized spacial score (nSPS) is 14.5. The average molecular weight is 498 g/mol. The number of amides is 2. The molecule has 1 aromatic heterocycles. The van der Waals surface area contributed by atoms with Crippen LogP contribution in [0.1, 0.15) is 44.9 Å². The lowest BCUT2D eigenvalue weighted by Crippen LogP contribution is -2.37. The Labute approximate surface area is 214 Å². The molecular formula is C29H27N3O5. The topological polar surface area (TPSA) is 89.9 Å². The van der Waals surface area contributed by atoms with E-state index in [0.717, 1.165) is 22.0 Å². The number of rotatable bonds is 7. The number of carbonyl (C=O) groups excluding carboxylic acids is 3. The SMILES string of the molecule is CCOC(=O)c1ccc(NC(=O)CN2C(=O)c3c(c4ccccc4n3C)[C@@H]2c2ccc(OC)cc2)cc1. The average Bonchev–Trinajstić information content (AvgIpc) is 3.36. The van der Waals surface area contributed by atoms with Crippen molar-refractivity contribution in [2.24, 2.45) is 7.05 Å². The predicted octanol–water partition coefficient (Wildman–Crippen LogP) is 4.55. The van der Waals surface area contributed by atoms with Gasteiger partial charge in [-0.1, -0.05) is 30.3 Å². The van der Waals surface area contributed by atoms with Crippen molar-refractivity contribution in [1.29, 1.82) is 0 Å². The first-order chi connectivity index (χ1) is 17.9. The van der Waals surface area contributed by atoms with Crippen molar-refractivity contribution in [3.05, 3.63) is 95.2 Å². The van der Waals surface area contributed by atoms with Crippen molar-refractivity contribution in [3.63, 3.8) is 0 Å². The van der Waals surface area contributed by atoms with Crippen molar-refractivity contribution in [2.45, 2.75) is 13.0 Å². The maximum atomic E-state index is 13.7. The van der Waals surface area contributed by atoms with Crippen molar-refractivity contribution < 1.29 is 23.9 Å². The third-order valence-corrected chi connectivity index (χ3v) is 6.62. The number of fused-ring (bicyclic) bond motifs is 3. The lowest BCUT2D eigenvalue weighted by Gasteiger charge is -2.26. The van der Waals surface area contributed by atoms with Gasteiger partial charge in [0.15, 0.2) is 0 Å². The van der Waals surface area contributed by atoms with Gasteiger partial charge in [-0.3, -0.25) is 9.59 Å². The summed E-state index contributed by atoms with van der Waals surface area (Å²) in [6.07, 6.45) is 0. The molecule has 1 N–H and O–H groups in total. The largest absolute Gasteiger partial charge is 0.497 e. The lowest BCUT2D eigenvalue weighted by atomic mass is 9.98. The minimum Gasteiger partial charge on any atom is -0.497 e. The van der Waals surface area contributed by atoms with E-state index in [0.29, 0.717) is 22.7 Å². The molecule has 3 aromatic carbocycles. The minimum absolute atomic E-state index is 0.141. The highest BCUT2D eigenvalue weighted by molar-refractivity contribution is 6.08. The van der Waals surface area contributed by atoms with Gasteiger partial charge in [-0.2, -0.15) is 0 Å². The molecule has 0 bridgehead atoms. The van der Waals surface area contributed by atoms with Crippen LogP contribution < -0.4 is 10.1 Å². The van der Waals surface area contributed by atoms with Gasteiger partial charge in [0.2, 0.25) is 5.91 Å². The Bertz CT molecular complexity index is 1490. The molecule has 0 fully saturated rings. The Morgan fingerprint density at radius 1 is 0.973 bits per heavy atom. The Morgan fingerprint density at radius 2 is 1.68 bits per heavy atom. The molecular weight excluding hydrogens is 470 g/mol. The van der Waals surface area contributed by atoms with Gasteiger partial charge in [0.1, 0.15) is 18.0 Å². The smallest absolute Gasteiger partial charge is 0.338 e. The number of nitrogens with zero attached hydrogens (tertiary/aromatic N) is 2. The highest BCUT2D eigenvalue weighted by Gasteiger charge is 2.42. The van der Waals surface area contributed by atoms with E-state index in [9.17, 15) is 14.4 Å². The molecule has 1 atom stereocenters. The Kier molecular flexibility index (Phi) is 6.40. The van der Waals surface area contributed by atoms with E-state index >= 15 is 0 Å². The molecule has 0 aliphatic carbocycles. The van der Waals surface area contributed by atoms with Crippen LogP contribution >= 0.6 is 0 Å². The number of carbonyl (C=O) groups is 3. The molecule has 2 amide bonds. The number of nitrogens with one attached hydrogen (secondary N) is 1. The summed E-state index contributed by atoms with van der Waals surface area (Å²) in [4.78, 5) is 40.3. The summed E-state index contributed by atoms with van der Waals surface area (Å²) >= 11 is 0. The number of benzene rings is 3. The van der Waals surface area contributed by atoms with Gasteiger partial charge < -0.3 is 24.3 Å². The number of hydrogen-bond acceptors (Lipinski definition) is 5. The zero-order valence-electron chi connectivity index (χ0n) is 20.9. The molecule has 8 nitrogen and oxygen atoms in total. The van der Waals surface area contributed by atoms with Gasteiger partial charge in [-0.15, -0.1) is 0 Å². The number of para-hydroxylation sites is 1. The van der Waals surface area contributed by atoms with Gasteiger partial charge in [-0.05, 0) is 55.0 Å². The summed E-state index contributed by atoms with van der Waals surface area (Å²) in [6.45, 7) is 1.89. The molecule has 2 heterocycles. The van der Waals surface area contributed by atoms with Gasteiger partial charge in [0.25, 0.3) is 5.91 Å². The fraction of sp³-hybridized carbons (Fsp3) is 0.207. The van der Waals surface area contributed by atoms with Gasteiger partial charge in [-0.25, -0.2) is 4.79 Å². The Morgan fingerprint density at radius 3 is 2.35 bits per heavy atom. The molecule has 0 saturated heterocycles. The summed E-state index contributed by atoms with van der Waals surface area (Å²) in [6, 6.07) is 21.5. The highest BCUT2D eigenvalue weighted by atomic mass is 16.5. The Balaban J connectivity index is 1.45. The van der Waals surface area contributed by atoms with Crippen LogP contribution in [0, 0.1) is 0 Å². The van der Waals surface area contributed by atoms with Crippen LogP contribution in [0.3, 0.4) is 0 Å². The fourth-order valence-corrected chi connectivity index (χ4v) is 4.92. The molecule has 0 radical (unpaired) electrons. The van der Waals surface area contributed by atoms with E-state index in [1.54, 1.807) is 43.2 Å². The van der Waals surface area contributed by atoms with Gasteiger partial charge in [0.05, 0.1) is 25.3 Å². The van der Waals surface area contributed by atoms with Crippen molar-refractivity contribution in [3.8, 4) is 5.75 Å². The maximum Gasteiger partial charge on any atom is 0.338 e. The molecule has 1 aliphatic heterocycles. The molecule has 8 heteroatoms. The summed E-state index contributed by atoms with van der Waals surface area (Å²) in [5.74, 6) is -0.257. The van der Waals surface area contributed by atoms with Crippen LogP contribution in [0.4, 0.5) is 5.69 Å². The number of aryl methyl sites for hydroxylation is 1. The second-order valence-corrected chi connectivity index (χ2v) is 8.79. The molecule has 188 valence electrons. The van der Waals surface area contributed by atoms with Gasteiger partial charge in [0, 0.05) is 29.2 Å². The van der Waals surface area contributed by atoms with Crippen molar-refractivity contribution >= 4 is 34.4 Å². The predicted molar refractivity (Wildman–Crippen MR) is 140 cm³/mol. The fourth-order valence-electron chi connectivity index (χ4n) is 4.92. The van der Waals surface area contributed by atoms with Crippen LogP contribution in [0.15, 0.2) is 72.8 Å². The lowest BCUT2D eigenvalue weighted by molar-refractivity contribution is -0.117. The second kappa shape index (κ2) is 9.81. The quantitative estimate of drug-likeness (QED) is 0.379. The first-order valence-corrected chi connectivity index (χ1v) is 12.0. The first kappa shape index (κ1) is 24.1. The molecule has 0 unspecified atom stereocenters. The zero-order chi connectivity index (χ0) is 26.1. The third-order valence-electron chi connectivity index (χ3n) is 6.62. The van der Waals surface area contributed by atoms with Crippen molar-refractivity contribution in [1.82, 2.24) is 9.47 Å². The van der Waals surface area contributed by atoms with E-state index < -0.39 is 12.0 Å². The summed E-state index contributed by atoms with van der Waals surface area (Å²) in [5, 5.41) is 3.82. The summed E-state index contributed by atoms with van der Waals surface area (Å²) in [5.41, 5.74) is 4.24. The van der Waals surface area contributed by atoms with Crippen LogP contribution in [0.2, 0.25) is 0 Å². The standard InChI is InChI=1S/C29H27N3O5/c1-4-37-29(35)19-9-13-20(14-10-19)30-24(33)17-32-26(18-11-15-21(36-3)16-12-18)25-22-7-5-6-8-23(22)31(2)27(25)28(32)34/h5-16,26H,4,17H2,1-3H3,(H,30,33)/t26-/m0/s1. The maximum absolute atomic E-state index is 13.7. The van der Waals surface area contributed by atoms with E-state index in [-0.39, 0.29) is 25.0 Å².